The van der Waals surface area contributed by atoms with Gasteiger partial charge in [0, 0.05) is 6.54 Å². The van der Waals surface area contributed by atoms with Gasteiger partial charge in [0.1, 0.15) is 0 Å². The van der Waals surface area contributed by atoms with Crippen molar-refractivity contribution in [3.8, 4) is 0 Å². The lowest BCUT2D eigenvalue weighted by Gasteiger charge is -2.12. The van der Waals surface area contributed by atoms with Crippen LogP contribution in [-0.4, -0.2) is 13.6 Å². The van der Waals surface area contributed by atoms with E-state index in [9.17, 15) is 0 Å². The molecule has 0 aromatic rings. The molecule has 0 fully saturated rings. The number of hydrogen-bond donors (Lipinski definition) is 1. The predicted molar refractivity (Wildman–Crippen MR) is 42.5 cm³/mol. The van der Waals surface area contributed by atoms with Crippen LogP contribution in [0.2, 0.25) is 0 Å². The van der Waals surface area contributed by atoms with Crippen LogP contribution in [0.25, 0.3) is 0 Å². The predicted octanol–water partition coefficient (Wildman–Crippen LogP) is 1.81. The third-order valence-corrected chi connectivity index (χ3v) is 1.64. The van der Waals surface area contributed by atoms with Crippen molar-refractivity contribution in [3.63, 3.8) is 0 Å². The summed E-state index contributed by atoms with van der Waals surface area (Å²) in [7, 11) is 1.98. The molecule has 0 aliphatic heterocycles. The third kappa shape index (κ3) is 3.31. The Morgan fingerprint density at radius 1 is 1.67 bits per heavy atom. The van der Waals surface area contributed by atoms with Gasteiger partial charge in [-0.1, -0.05) is 19.1 Å². The maximum Gasteiger partial charge on any atom is 0.00135 e. The van der Waals surface area contributed by atoms with Crippen molar-refractivity contribution in [1.29, 1.82) is 0 Å². The second-order valence-electron chi connectivity index (χ2n) is 2.51. The summed E-state index contributed by atoms with van der Waals surface area (Å²) < 4.78 is 0. The van der Waals surface area contributed by atoms with Crippen LogP contribution in [0.1, 0.15) is 20.3 Å². The van der Waals surface area contributed by atoms with Crippen molar-refractivity contribution < 1.29 is 0 Å². The zero-order valence-corrected chi connectivity index (χ0v) is 6.70. The Morgan fingerprint density at radius 2 is 2.22 bits per heavy atom. The van der Waals surface area contributed by atoms with Crippen LogP contribution in [0.3, 0.4) is 0 Å². The molecule has 0 aliphatic carbocycles. The van der Waals surface area contributed by atoms with E-state index in [1.165, 1.54) is 12.0 Å². The van der Waals surface area contributed by atoms with E-state index in [1.54, 1.807) is 0 Å². The highest BCUT2D eigenvalue weighted by atomic mass is 14.8. The van der Waals surface area contributed by atoms with Gasteiger partial charge in [-0.25, -0.2) is 0 Å². The lowest BCUT2D eigenvalue weighted by Crippen LogP contribution is -2.18. The molecule has 1 N–H and O–H groups in total. The van der Waals surface area contributed by atoms with Gasteiger partial charge in [-0.3, -0.25) is 0 Å². The van der Waals surface area contributed by atoms with Crippen molar-refractivity contribution in [1.82, 2.24) is 5.32 Å². The maximum absolute atomic E-state index is 3.90. The summed E-state index contributed by atoms with van der Waals surface area (Å²) in [6, 6.07) is 0. The molecule has 0 saturated carbocycles. The molecule has 9 heavy (non-hydrogen) atoms. The average Bonchev–Trinajstić information content (AvgIpc) is 1.82. The molecule has 0 aromatic heterocycles. The number of nitrogens with one attached hydrogen (secondary N) is 1. The quantitative estimate of drug-likeness (QED) is 0.568. The molecule has 0 aliphatic rings. The minimum Gasteiger partial charge on any atom is -0.319 e. The van der Waals surface area contributed by atoms with Gasteiger partial charge < -0.3 is 5.32 Å². The van der Waals surface area contributed by atoms with E-state index in [-0.39, 0.29) is 0 Å². The highest BCUT2D eigenvalue weighted by molar-refractivity contribution is 4.96. The van der Waals surface area contributed by atoms with E-state index in [4.69, 9.17) is 0 Å². The highest BCUT2D eigenvalue weighted by Crippen LogP contribution is 2.09. The first kappa shape index (κ1) is 8.70. The van der Waals surface area contributed by atoms with E-state index < -0.39 is 0 Å². The van der Waals surface area contributed by atoms with Crippen molar-refractivity contribution in [2.75, 3.05) is 13.6 Å². The molecule has 0 heterocycles. The van der Waals surface area contributed by atoms with Crippen molar-refractivity contribution in [2.24, 2.45) is 5.92 Å². The van der Waals surface area contributed by atoms with Gasteiger partial charge >= 0.3 is 0 Å². The molecule has 0 radical (unpaired) electrons. The summed E-state index contributed by atoms with van der Waals surface area (Å²) in [5.41, 5.74) is 1.28. The average molecular weight is 127 g/mol. The monoisotopic (exact) mass is 127 g/mol. The highest BCUT2D eigenvalue weighted by Gasteiger charge is 2.03. The Bertz CT molecular complexity index is 86.6. The third-order valence-electron chi connectivity index (χ3n) is 1.64. The van der Waals surface area contributed by atoms with Crippen molar-refractivity contribution >= 4 is 0 Å². The molecule has 0 spiro atoms. The normalized spacial score (nSPS) is 13.2. The lowest BCUT2D eigenvalue weighted by molar-refractivity contribution is 0.554. The molecule has 1 heteroatoms. The fourth-order valence-corrected chi connectivity index (χ4v) is 0.913. The van der Waals surface area contributed by atoms with Gasteiger partial charge in [-0.15, -0.1) is 0 Å². The standard InChI is InChI=1S/C8H17N/c1-5-8(6-9-4)7(2)3/h8-9H,2,5-6H2,1,3-4H3. The summed E-state index contributed by atoms with van der Waals surface area (Å²) >= 11 is 0. The molecule has 0 aromatic carbocycles. The molecular weight excluding hydrogens is 110 g/mol. The zero-order chi connectivity index (χ0) is 7.28. The SMILES string of the molecule is C=C(C)C(CC)CNC. The maximum atomic E-state index is 3.90. The van der Waals surface area contributed by atoms with Gasteiger partial charge in [0.25, 0.3) is 0 Å². The Hall–Kier alpha value is -0.300. The first-order valence-corrected chi connectivity index (χ1v) is 3.52. The molecule has 0 amide bonds. The van der Waals surface area contributed by atoms with Crippen LogP contribution in [0.4, 0.5) is 0 Å². The van der Waals surface area contributed by atoms with Gasteiger partial charge in [0.2, 0.25) is 0 Å². The van der Waals surface area contributed by atoms with E-state index in [1.807, 2.05) is 7.05 Å². The second kappa shape index (κ2) is 4.57. The smallest absolute Gasteiger partial charge is 0.00135 e. The minimum absolute atomic E-state index is 0.662. The van der Waals surface area contributed by atoms with Crippen LogP contribution < -0.4 is 5.32 Å². The number of hydrogen-bond acceptors (Lipinski definition) is 1. The van der Waals surface area contributed by atoms with Crippen LogP contribution in [0, 0.1) is 5.92 Å². The van der Waals surface area contributed by atoms with Crippen LogP contribution in [0.5, 0.6) is 0 Å². The first-order valence-electron chi connectivity index (χ1n) is 3.52. The Labute approximate surface area is 58.2 Å². The Morgan fingerprint density at radius 3 is 2.33 bits per heavy atom. The summed E-state index contributed by atoms with van der Waals surface area (Å²) in [6.07, 6.45) is 1.19. The summed E-state index contributed by atoms with van der Waals surface area (Å²) in [5.74, 6) is 0.662. The lowest BCUT2D eigenvalue weighted by atomic mass is 9.99. The van der Waals surface area contributed by atoms with E-state index in [0.717, 1.165) is 6.54 Å². The Kier molecular flexibility index (Phi) is 4.41. The molecule has 1 atom stereocenters. The largest absolute Gasteiger partial charge is 0.319 e. The molecule has 1 unspecified atom stereocenters. The molecule has 0 bridgehead atoms. The minimum atomic E-state index is 0.662. The second-order valence-corrected chi connectivity index (χ2v) is 2.51. The molecule has 54 valence electrons. The van der Waals surface area contributed by atoms with Crippen molar-refractivity contribution in [2.45, 2.75) is 20.3 Å². The summed E-state index contributed by atoms with van der Waals surface area (Å²) in [4.78, 5) is 0. The Balaban J connectivity index is 3.54. The van der Waals surface area contributed by atoms with Crippen molar-refractivity contribution in [3.05, 3.63) is 12.2 Å². The fourth-order valence-electron chi connectivity index (χ4n) is 0.913. The molecular formula is C8H17N. The van der Waals surface area contributed by atoms with Crippen LogP contribution in [0.15, 0.2) is 12.2 Å². The summed E-state index contributed by atoms with van der Waals surface area (Å²) in [6.45, 7) is 9.25. The van der Waals surface area contributed by atoms with E-state index in [0.29, 0.717) is 5.92 Å². The molecule has 0 saturated heterocycles. The topological polar surface area (TPSA) is 12.0 Å². The number of rotatable bonds is 4. The van der Waals surface area contributed by atoms with E-state index >= 15 is 0 Å². The van der Waals surface area contributed by atoms with Crippen LogP contribution >= 0.6 is 0 Å². The van der Waals surface area contributed by atoms with Gasteiger partial charge in [-0.2, -0.15) is 0 Å². The van der Waals surface area contributed by atoms with Gasteiger partial charge in [0.15, 0.2) is 0 Å². The van der Waals surface area contributed by atoms with Gasteiger partial charge in [0.05, 0.1) is 0 Å². The molecule has 1 nitrogen and oxygen atoms in total. The first-order chi connectivity index (χ1) is 4.22. The van der Waals surface area contributed by atoms with E-state index in [2.05, 4.69) is 25.7 Å². The summed E-state index contributed by atoms with van der Waals surface area (Å²) in [5, 5.41) is 3.14. The molecule has 0 rings (SSSR count). The van der Waals surface area contributed by atoms with Crippen LogP contribution in [-0.2, 0) is 0 Å². The zero-order valence-electron chi connectivity index (χ0n) is 6.70. The van der Waals surface area contributed by atoms with Gasteiger partial charge in [-0.05, 0) is 26.3 Å². The fraction of sp³-hybridized carbons (Fsp3) is 0.750.